The van der Waals surface area contributed by atoms with E-state index in [4.69, 9.17) is 0 Å². The maximum atomic E-state index is 11.3. The summed E-state index contributed by atoms with van der Waals surface area (Å²) in [6.07, 6.45) is 0. The highest BCUT2D eigenvalue weighted by atomic mass is 32.1. The minimum atomic E-state index is 0.0833. The maximum absolute atomic E-state index is 11.3. The van der Waals surface area contributed by atoms with Gasteiger partial charge in [0, 0.05) is 15.3 Å². The van der Waals surface area contributed by atoms with Gasteiger partial charge in [0.25, 0.3) is 0 Å². The molecule has 13 heavy (non-hydrogen) atoms. The van der Waals surface area contributed by atoms with E-state index < -0.39 is 0 Å². The zero-order valence-electron chi connectivity index (χ0n) is 8.89. The van der Waals surface area contributed by atoms with Gasteiger partial charge in [-0.1, -0.05) is 20.8 Å². The first-order valence-corrected chi connectivity index (χ1v) is 5.26. The largest absolute Gasteiger partial charge is 0.294 e. The molecule has 0 saturated carbocycles. The van der Waals surface area contributed by atoms with Crippen molar-refractivity contribution in [3.8, 4) is 0 Å². The van der Waals surface area contributed by atoms with Gasteiger partial charge in [0.2, 0.25) is 0 Å². The van der Waals surface area contributed by atoms with Gasteiger partial charge in [-0.05, 0) is 25.3 Å². The van der Waals surface area contributed by atoms with Crippen LogP contribution in [-0.4, -0.2) is 5.78 Å². The Morgan fingerprint density at radius 2 is 1.92 bits per heavy atom. The Labute approximate surface area is 83.8 Å². The van der Waals surface area contributed by atoms with E-state index in [1.54, 1.807) is 18.3 Å². The average molecular weight is 196 g/mol. The molecule has 0 aliphatic heterocycles. The molecule has 1 aromatic rings. The number of carbonyl (C=O) groups is 1. The molecule has 1 heterocycles. The van der Waals surface area contributed by atoms with Gasteiger partial charge in [0.15, 0.2) is 5.78 Å². The third-order valence-electron chi connectivity index (χ3n) is 1.92. The number of hydrogen-bond donors (Lipinski definition) is 0. The fourth-order valence-corrected chi connectivity index (χ4v) is 2.45. The highest BCUT2D eigenvalue weighted by Crippen LogP contribution is 2.33. The van der Waals surface area contributed by atoms with E-state index >= 15 is 0 Å². The number of Topliss-reactive ketones (excluding diaryl/α,β-unsaturated/α-hetero) is 1. The monoisotopic (exact) mass is 196 g/mol. The lowest BCUT2D eigenvalue weighted by Crippen LogP contribution is -2.12. The van der Waals surface area contributed by atoms with E-state index in [0.29, 0.717) is 0 Å². The minimum Gasteiger partial charge on any atom is -0.294 e. The zero-order chi connectivity index (χ0) is 10.2. The Morgan fingerprint density at radius 3 is 2.23 bits per heavy atom. The Morgan fingerprint density at radius 1 is 1.38 bits per heavy atom. The number of thiophene rings is 1. The number of hydrogen-bond acceptors (Lipinski definition) is 2. The van der Waals surface area contributed by atoms with Crippen LogP contribution in [0.3, 0.4) is 0 Å². The number of aryl methyl sites for hydroxylation is 1. The van der Waals surface area contributed by atoms with E-state index in [-0.39, 0.29) is 11.2 Å². The number of ketones is 1. The first-order valence-electron chi connectivity index (χ1n) is 4.44. The van der Waals surface area contributed by atoms with Crippen LogP contribution in [0.2, 0.25) is 0 Å². The molecule has 0 bridgehead atoms. The van der Waals surface area contributed by atoms with Crippen molar-refractivity contribution in [3.63, 3.8) is 0 Å². The average Bonchev–Trinajstić information content (AvgIpc) is 2.29. The van der Waals surface area contributed by atoms with Crippen molar-refractivity contribution in [3.05, 3.63) is 21.4 Å². The summed E-state index contributed by atoms with van der Waals surface area (Å²) in [7, 11) is 0. The topological polar surface area (TPSA) is 17.1 Å². The molecule has 0 fully saturated rings. The van der Waals surface area contributed by atoms with Gasteiger partial charge in [0.1, 0.15) is 0 Å². The van der Waals surface area contributed by atoms with Gasteiger partial charge in [-0.2, -0.15) is 0 Å². The van der Waals surface area contributed by atoms with E-state index in [1.165, 1.54) is 9.75 Å². The number of carbonyl (C=O) groups excluding carboxylic acids is 1. The molecule has 0 aromatic carbocycles. The second kappa shape index (κ2) is 3.26. The molecular formula is C11H16OS. The molecule has 1 rings (SSSR count). The first-order chi connectivity index (χ1) is 5.82. The third kappa shape index (κ3) is 2.19. The van der Waals surface area contributed by atoms with Crippen LogP contribution < -0.4 is 0 Å². The lowest BCUT2D eigenvalue weighted by molar-refractivity contribution is 0.101. The lowest BCUT2D eigenvalue weighted by Gasteiger charge is -2.17. The molecule has 1 nitrogen and oxygen atoms in total. The minimum absolute atomic E-state index is 0.0833. The van der Waals surface area contributed by atoms with Crippen LogP contribution >= 0.6 is 11.3 Å². The smallest absolute Gasteiger partial charge is 0.160 e. The van der Waals surface area contributed by atoms with Gasteiger partial charge in [-0.3, -0.25) is 4.79 Å². The Hall–Kier alpha value is -0.630. The summed E-state index contributed by atoms with van der Waals surface area (Å²) in [5.74, 6) is 0.175. The van der Waals surface area contributed by atoms with Crippen LogP contribution in [0.4, 0.5) is 0 Å². The molecular weight excluding hydrogens is 180 g/mol. The van der Waals surface area contributed by atoms with Crippen molar-refractivity contribution in [1.29, 1.82) is 0 Å². The summed E-state index contributed by atoms with van der Waals surface area (Å²) >= 11 is 1.73. The predicted octanol–water partition coefficient (Wildman–Crippen LogP) is 3.56. The van der Waals surface area contributed by atoms with Crippen molar-refractivity contribution in [2.24, 2.45) is 0 Å². The Kier molecular flexibility index (Phi) is 2.62. The quantitative estimate of drug-likeness (QED) is 0.628. The first kappa shape index (κ1) is 10.5. The zero-order valence-corrected chi connectivity index (χ0v) is 9.71. The molecule has 1 aromatic heterocycles. The van der Waals surface area contributed by atoms with Gasteiger partial charge in [-0.15, -0.1) is 11.3 Å². The van der Waals surface area contributed by atoms with Crippen LogP contribution in [0.15, 0.2) is 6.07 Å². The van der Waals surface area contributed by atoms with Crippen molar-refractivity contribution >= 4 is 17.1 Å². The molecule has 0 saturated heterocycles. The van der Waals surface area contributed by atoms with E-state index in [0.717, 1.165) is 5.56 Å². The molecule has 0 N–H and O–H groups in total. The third-order valence-corrected chi connectivity index (χ3v) is 3.39. The standard InChI is InChI=1S/C11H16OS/c1-7-6-9(8(2)12)10(13-7)11(3,4)5/h6H,1-5H3. The second-order valence-electron chi connectivity index (χ2n) is 4.41. The van der Waals surface area contributed by atoms with E-state index in [2.05, 4.69) is 20.8 Å². The van der Waals surface area contributed by atoms with Crippen LogP contribution in [0.5, 0.6) is 0 Å². The molecule has 0 spiro atoms. The molecule has 2 heteroatoms. The van der Waals surface area contributed by atoms with E-state index in [1.807, 2.05) is 13.0 Å². The van der Waals surface area contributed by atoms with Crippen LogP contribution in [0, 0.1) is 6.92 Å². The molecule has 0 radical (unpaired) electrons. The summed E-state index contributed by atoms with van der Waals surface area (Å²) in [5, 5.41) is 0. The molecule has 0 unspecified atom stereocenters. The predicted molar refractivity (Wildman–Crippen MR) is 57.8 cm³/mol. The van der Waals surface area contributed by atoms with Crippen LogP contribution in [-0.2, 0) is 5.41 Å². The summed E-state index contributed by atoms with van der Waals surface area (Å²) in [6.45, 7) is 10.1. The molecule has 0 atom stereocenters. The van der Waals surface area contributed by atoms with Gasteiger partial charge in [0.05, 0.1) is 0 Å². The molecule has 72 valence electrons. The van der Waals surface area contributed by atoms with Crippen molar-refractivity contribution in [1.82, 2.24) is 0 Å². The summed E-state index contributed by atoms with van der Waals surface area (Å²) < 4.78 is 0. The van der Waals surface area contributed by atoms with Gasteiger partial charge < -0.3 is 0 Å². The second-order valence-corrected chi connectivity index (χ2v) is 5.66. The van der Waals surface area contributed by atoms with Crippen molar-refractivity contribution in [2.45, 2.75) is 40.0 Å². The fraction of sp³-hybridized carbons (Fsp3) is 0.545. The SMILES string of the molecule is CC(=O)c1cc(C)sc1C(C)(C)C. The normalized spacial score (nSPS) is 11.8. The van der Waals surface area contributed by atoms with Crippen molar-refractivity contribution in [2.75, 3.05) is 0 Å². The van der Waals surface area contributed by atoms with Gasteiger partial charge in [-0.25, -0.2) is 0 Å². The Bertz CT molecular complexity index is 328. The maximum Gasteiger partial charge on any atom is 0.160 e. The Balaban J connectivity index is 3.28. The van der Waals surface area contributed by atoms with Gasteiger partial charge >= 0.3 is 0 Å². The fourth-order valence-electron chi connectivity index (χ4n) is 1.33. The molecule has 0 aliphatic rings. The molecule has 0 aliphatic carbocycles. The molecule has 0 amide bonds. The van der Waals surface area contributed by atoms with Crippen molar-refractivity contribution < 1.29 is 4.79 Å². The van der Waals surface area contributed by atoms with Crippen LogP contribution in [0.1, 0.15) is 47.8 Å². The highest BCUT2D eigenvalue weighted by Gasteiger charge is 2.22. The summed E-state index contributed by atoms with van der Waals surface area (Å²) in [6, 6.07) is 1.99. The summed E-state index contributed by atoms with van der Waals surface area (Å²) in [4.78, 5) is 13.8. The number of rotatable bonds is 1. The summed E-state index contributed by atoms with van der Waals surface area (Å²) in [5.41, 5.74) is 0.981. The van der Waals surface area contributed by atoms with Crippen LogP contribution in [0.25, 0.3) is 0 Å². The van der Waals surface area contributed by atoms with E-state index in [9.17, 15) is 4.79 Å². The lowest BCUT2D eigenvalue weighted by atomic mass is 9.91. The highest BCUT2D eigenvalue weighted by molar-refractivity contribution is 7.12.